The van der Waals surface area contributed by atoms with Crippen LogP contribution in [0.2, 0.25) is 0 Å². The first kappa shape index (κ1) is 18.3. The molecule has 2 aliphatic heterocycles. The maximum absolute atomic E-state index is 12.5. The van der Waals surface area contributed by atoms with Gasteiger partial charge >= 0.3 is 0 Å². The molecule has 0 bridgehead atoms. The van der Waals surface area contributed by atoms with Crippen LogP contribution in [0.3, 0.4) is 0 Å². The van der Waals surface area contributed by atoms with Crippen LogP contribution in [0.1, 0.15) is 25.2 Å². The molecule has 9 heteroatoms. The molecule has 2 fully saturated rings. The molecule has 0 saturated carbocycles. The molecule has 25 heavy (non-hydrogen) atoms. The molecule has 1 aromatic heterocycles. The van der Waals surface area contributed by atoms with E-state index in [1.54, 1.807) is 11.2 Å². The Hall–Kier alpha value is -1.45. The minimum Gasteiger partial charge on any atom is -0.369 e. The van der Waals surface area contributed by atoms with Gasteiger partial charge in [-0.2, -0.15) is 0 Å². The third-order valence-corrected chi connectivity index (χ3v) is 6.64. The van der Waals surface area contributed by atoms with Gasteiger partial charge in [0, 0.05) is 31.4 Å². The number of amides is 1. The normalized spacial score (nSPS) is 26.2. The van der Waals surface area contributed by atoms with E-state index in [1.807, 2.05) is 20.8 Å². The van der Waals surface area contributed by atoms with Crippen molar-refractivity contribution in [1.82, 2.24) is 19.8 Å². The molecule has 0 spiro atoms. The number of carbonyl (C=O) groups excluding carboxylic acids is 1. The molecule has 0 aliphatic carbocycles. The van der Waals surface area contributed by atoms with Crippen LogP contribution in [0.5, 0.6) is 0 Å². The number of nitrogens with one attached hydrogen (secondary N) is 1. The van der Waals surface area contributed by atoms with Crippen LogP contribution >= 0.6 is 0 Å². The highest BCUT2D eigenvalue weighted by Crippen LogP contribution is 2.28. The fourth-order valence-corrected chi connectivity index (χ4v) is 5.60. The molecular formula is C16H26N4O4S. The Morgan fingerprint density at radius 2 is 2.08 bits per heavy atom. The summed E-state index contributed by atoms with van der Waals surface area (Å²) in [6, 6.07) is -0.487. The number of piperazine rings is 1. The third-order valence-electron chi connectivity index (χ3n) is 4.94. The van der Waals surface area contributed by atoms with Crippen LogP contribution in [-0.2, 0) is 25.9 Å². The van der Waals surface area contributed by atoms with E-state index >= 15 is 0 Å². The zero-order valence-corrected chi connectivity index (χ0v) is 15.8. The van der Waals surface area contributed by atoms with E-state index in [0.29, 0.717) is 19.6 Å². The van der Waals surface area contributed by atoms with E-state index in [9.17, 15) is 13.2 Å². The maximum Gasteiger partial charge on any atom is 0.248 e. The Morgan fingerprint density at radius 3 is 2.72 bits per heavy atom. The molecule has 0 aromatic carbocycles. The molecule has 0 unspecified atom stereocenters. The number of rotatable bonds is 5. The van der Waals surface area contributed by atoms with Crippen molar-refractivity contribution in [3.05, 3.63) is 17.7 Å². The van der Waals surface area contributed by atoms with E-state index in [0.717, 1.165) is 11.4 Å². The number of imidazole rings is 1. The Labute approximate surface area is 148 Å². The summed E-state index contributed by atoms with van der Waals surface area (Å²) in [6.07, 6.45) is 1.62. The zero-order chi connectivity index (χ0) is 18.2. The molecule has 3 heterocycles. The summed E-state index contributed by atoms with van der Waals surface area (Å²) in [6.45, 7) is 7.45. The highest BCUT2D eigenvalue weighted by Gasteiger charge is 2.48. The summed E-state index contributed by atoms with van der Waals surface area (Å²) < 4.78 is 29.9. The predicted molar refractivity (Wildman–Crippen MR) is 92.8 cm³/mol. The summed E-state index contributed by atoms with van der Waals surface area (Å²) in [7, 11) is -3.15. The molecule has 0 radical (unpaired) electrons. The van der Waals surface area contributed by atoms with Crippen LogP contribution in [0.25, 0.3) is 0 Å². The largest absolute Gasteiger partial charge is 0.369 e. The van der Waals surface area contributed by atoms with E-state index in [4.69, 9.17) is 4.74 Å². The van der Waals surface area contributed by atoms with E-state index < -0.39 is 9.84 Å². The van der Waals surface area contributed by atoms with Crippen molar-refractivity contribution in [3.63, 3.8) is 0 Å². The first-order valence-electron chi connectivity index (χ1n) is 8.61. The van der Waals surface area contributed by atoms with Gasteiger partial charge in [0.25, 0.3) is 0 Å². The number of H-pyrrole nitrogens is 1. The standard InChI is InChI=1S/C16H26N4O4S/c1-11(2)24-7-16(21)20-5-4-19(6-13-12(3)17-10-18-13)14-8-25(22,23)9-15(14)20/h10-11,14-15H,4-9H2,1-3H3,(H,17,18)/t14-,15+/m0/s1. The van der Waals surface area contributed by atoms with Crippen LogP contribution in [0, 0.1) is 6.92 Å². The van der Waals surface area contributed by atoms with Crippen LogP contribution < -0.4 is 0 Å². The lowest BCUT2D eigenvalue weighted by atomic mass is 10.0. The fraction of sp³-hybridized carbons (Fsp3) is 0.750. The van der Waals surface area contributed by atoms with Crippen molar-refractivity contribution in [3.8, 4) is 0 Å². The number of carbonyl (C=O) groups is 1. The van der Waals surface area contributed by atoms with Crippen LogP contribution in [-0.4, -0.2) is 83.5 Å². The van der Waals surface area contributed by atoms with Gasteiger partial charge in [0.15, 0.2) is 9.84 Å². The SMILES string of the molecule is Cc1[nH]cnc1CN1CCN(C(=O)COC(C)C)[C@@H]2CS(=O)(=O)C[C@@H]21. The summed E-state index contributed by atoms with van der Waals surface area (Å²) in [4.78, 5) is 23.7. The molecule has 2 saturated heterocycles. The molecule has 3 rings (SSSR count). The average Bonchev–Trinajstić information content (AvgIpc) is 3.07. The lowest BCUT2D eigenvalue weighted by Gasteiger charge is -2.43. The summed E-state index contributed by atoms with van der Waals surface area (Å²) in [5.41, 5.74) is 1.91. The third kappa shape index (κ3) is 4.04. The second kappa shape index (κ2) is 7.05. The van der Waals surface area contributed by atoms with Crippen LogP contribution in [0.15, 0.2) is 6.33 Å². The number of aromatic nitrogens is 2. The summed E-state index contributed by atoms with van der Waals surface area (Å²) in [5.74, 6) is -0.00622. The van der Waals surface area contributed by atoms with Gasteiger partial charge in [-0.3, -0.25) is 9.69 Å². The number of fused-ring (bicyclic) bond motifs is 1. The predicted octanol–water partition coefficient (Wildman–Crippen LogP) is -0.0471. The van der Waals surface area contributed by atoms with Gasteiger partial charge in [-0.1, -0.05) is 0 Å². The minimum atomic E-state index is -3.15. The molecule has 2 atom stereocenters. The number of nitrogens with zero attached hydrogens (tertiary/aromatic N) is 3. The van der Waals surface area contributed by atoms with Gasteiger partial charge < -0.3 is 14.6 Å². The lowest BCUT2D eigenvalue weighted by molar-refractivity contribution is -0.143. The average molecular weight is 370 g/mol. The molecular weight excluding hydrogens is 344 g/mol. The molecule has 1 aromatic rings. The van der Waals surface area contributed by atoms with Gasteiger partial charge in [0.1, 0.15) is 6.61 Å². The van der Waals surface area contributed by atoms with Crippen LogP contribution in [0.4, 0.5) is 0 Å². The van der Waals surface area contributed by atoms with Crippen molar-refractivity contribution in [2.24, 2.45) is 0 Å². The van der Waals surface area contributed by atoms with Crippen molar-refractivity contribution >= 4 is 15.7 Å². The van der Waals surface area contributed by atoms with Crippen molar-refractivity contribution in [2.45, 2.75) is 45.5 Å². The molecule has 2 aliphatic rings. The topological polar surface area (TPSA) is 95.6 Å². The number of hydrogen-bond donors (Lipinski definition) is 1. The molecule has 1 N–H and O–H groups in total. The fourth-order valence-electron chi connectivity index (χ4n) is 3.59. The molecule has 8 nitrogen and oxygen atoms in total. The first-order valence-corrected chi connectivity index (χ1v) is 10.4. The number of sulfone groups is 1. The van der Waals surface area contributed by atoms with E-state index in [1.165, 1.54) is 0 Å². The maximum atomic E-state index is 12.5. The Kier molecular flexibility index (Phi) is 5.17. The second-order valence-corrected chi connectivity index (χ2v) is 9.26. The lowest BCUT2D eigenvalue weighted by Crippen LogP contribution is -2.60. The molecule has 1 amide bonds. The quantitative estimate of drug-likeness (QED) is 0.781. The first-order chi connectivity index (χ1) is 11.8. The highest BCUT2D eigenvalue weighted by molar-refractivity contribution is 7.91. The number of aromatic amines is 1. The highest BCUT2D eigenvalue weighted by atomic mass is 32.2. The van der Waals surface area contributed by atoms with Crippen molar-refractivity contribution in [1.29, 1.82) is 0 Å². The van der Waals surface area contributed by atoms with Gasteiger partial charge in [-0.05, 0) is 20.8 Å². The smallest absolute Gasteiger partial charge is 0.248 e. The van der Waals surface area contributed by atoms with Crippen molar-refractivity contribution in [2.75, 3.05) is 31.2 Å². The second-order valence-electron chi connectivity index (χ2n) is 7.10. The van der Waals surface area contributed by atoms with Gasteiger partial charge in [-0.15, -0.1) is 0 Å². The molecule has 140 valence electrons. The van der Waals surface area contributed by atoms with E-state index in [-0.39, 0.29) is 42.2 Å². The Bertz CT molecular complexity index is 730. The monoisotopic (exact) mass is 370 g/mol. The van der Waals surface area contributed by atoms with Gasteiger partial charge in [-0.25, -0.2) is 13.4 Å². The number of hydrogen-bond acceptors (Lipinski definition) is 6. The summed E-state index contributed by atoms with van der Waals surface area (Å²) >= 11 is 0. The van der Waals surface area contributed by atoms with Gasteiger partial charge in [0.05, 0.1) is 35.7 Å². The zero-order valence-electron chi connectivity index (χ0n) is 14.9. The number of aryl methyl sites for hydroxylation is 1. The van der Waals surface area contributed by atoms with Gasteiger partial charge in [0.2, 0.25) is 5.91 Å². The summed E-state index contributed by atoms with van der Waals surface area (Å²) in [5, 5.41) is 0. The minimum absolute atomic E-state index is 0.000587. The van der Waals surface area contributed by atoms with Crippen molar-refractivity contribution < 1.29 is 17.9 Å². The Balaban J connectivity index is 1.75. The number of ether oxygens (including phenoxy) is 1. The van der Waals surface area contributed by atoms with E-state index in [2.05, 4.69) is 14.9 Å². The Morgan fingerprint density at radius 1 is 1.36 bits per heavy atom.